The Morgan fingerprint density at radius 1 is 1.11 bits per heavy atom. The first kappa shape index (κ1) is 14.8. The summed E-state index contributed by atoms with van der Waals surface area (Å²) in [6.07, 6.45) is 4.70. The third kappa shape index (κ3) is 4.77. The Labute approximate surface area is 117 Å². The molecule has 1 amide bonds. The lowest BCUT2D eigenvalue weighted by molar-refractivity contribution is -0.133. The number of nitrogens with zero attached hydrogens (tertiary/aromatic N) is 3. The Morgan fingerprint density at radius 3 is 2.58 bits per heavy atom. The van der Waals surface area contributed by atoms with Gasteiger partial charge >= 0.3 is 0 Å². The molecule has 2 saturated heterocycles. The van der Waals surface area contributed by atoms with Crippen LogP contribution >= 0.6 is 0 Å². The molecule has 2 aliphatic heterocycles. The van der Waals surface area contributed by atoms with E-state index in [1.54, 1.807) is 0 Å². The average Bonchev–Trinajstić information content (AvgIpc) is 2.61. The molecule has 0 saturated carbocycles. The molecule has 110 valence electrons. The summed E-state index contributed by atoms with van der Waals surface area (Å²) in [5, 5.41) is 0. The van der Waals surface area contributed by atoms with Crippen LogP contribution in [-0.4, -0.2) is 73.5 Å². The van der Waals surface area contributed by atoms with Gasteiger partial charge in [-0.3, -0.25) is 4.79 Å². The Kier molecular flexibility index (Phi) is 5.64. The van der Waals surface area contributed by atoms with E-state index in [4.69, 9.17) is 0 Å². The number of amides is 1. The topological polar surface area (TPSA) is 26.8 Å². The van der Waals surface area contributed by atoms with Gasteiger partial charge in [-0.1, -0.05) is 13.3 Å². The highest BCUT2D eigenvalue weighted by atomic mass is 16.2. The molecule has 0 spiro atoms. The zero-order chi connectivity index (χ0) is 13.7. The Bertz CT molecular complexity index is 287. The summed E-state index contributed by atoms with van der Waals surface area (Å²) in [7, 11) is 2.13. The van der Waals surface area contributed by atoms with Crippen LogP contribution in [0.4, 0.5) is 0 Å². The number of carbonyl (C=O) groups excluding carboxylic acids is 1. The lowest BCUT2D eigenvalue weighted by Crippen LogP contribution is -2.47. The fourth-order valence-corrected chi connectivity index (χ4v) is 3.12. The third-order valence-electron chi connectivity index (χ3n) is 4.49. The van der Waals surface area contributed by atoms with E-state index in [0.29, 0.717) is 12.3 Å². The SMILES string of the molecule is C[C@@H]1CCCCN(CCC(=O)N2CCN(C)CC2)C1. The van der Waals surface area contributed by atoms with Crippen molar-refractivity contribution in [3.8, 4) is 0 Å². The predicted molar refractivity (Wildman–Crippen MR) is 78.1 cm³/mol. The quantitative estimate of drug-likeness (QED) is 0.770. The first-order valence-electron chi connectivity index (χ1n) is 7.84. The lowest BCUT2D eigenvalue weighted by atomic mass is 10.1. The highest BCUT2D eigenvalue weighted by molar-refractivity contribution is 5.76. The molecule has 19 heavy (non-hydrogen) atoms. The van der Waals surface area contributed by atoms with Crippen LogP contribution in [-0.2, 0) is 4.79 Å². The van der Waals surface area contributed by atoms with Gasteiger partial charge in [0, 0.05) is 45.7 Å². The van der Waals surface area contributed by atoms with Crippen LogP contribution in [0, 0.1) is 5.92 Å². The van der Waals surface area contributed by atoms with Crippen molar-refractivity contribution in [1.82, 2.24) is 14.7 Å². The van der Waals surface area contributed by atoms with Gasteiger partial charge in [0.15, 0.2) is 0 Å². The fourth-order valence-electron chi connectivity index (χ4n) is 3.12. The molecule has 0 aromatic heterocycles. The first-order valence-corrected chi connectivity index (χ1v) is 7.84. The van der Waals surface area contributed by atoms with Crippen LogP contribution in [0.15, 0.2) is 0 Å². The van der Waals surface area contributed by atoms with Crippen molar-refractivity contribution in [2.75, 3.05) is 52.9 Å². The molecule has 0 N–H and O–H groups in total. The largest absolute Gasteiger partial charge is 0.340 e. The summed E-state index contributed by atoms with van der Waals surface area (Å²) < 4.78 is 0. The number of carbonyl (C=O) groups is 1. The van der Waals surface area contributed by atoms with Crippen molar-refractivity contribution in [3.05, 3.63) is 0 Å². The minimum atomic E-state index is 0.352. The van der Waals surface area contributed by atoms with Gasteiger partial charge in [0.05, 0.1) is 0 Å². The summed E-state index contributed by atoms with van der Waals surface area (Å²) in [6, 6.07) is 0. The molecule has 0 aromatic carbocycles. The highest BCUT2D eigenvalue weighted by Crippen LogP contribution is 2.16. The van der Waals surface area contributed by atoms with E-state index >= 15 is 0 Å². The monoisotopic (exact) mass is 267 g/mol. The zero-order valence-corrected chi connectivity index (χ0v) is 12.6. The molecule has 2 fully saturated rings. The molecule has 0 aromatic rings. The smallest absolute Gasteiger partial charge is 0.223 e. The average molecular weight is 267 g/mol. The molecule has 2 rings (SSSR count). The molecule has 1 atom stereocenters. The molecule has 0 bridgehead atoms. The van der Waals surface area contributed by atoms with Crippen LogP contribution in [0.25, 0.3) is 0 Å². The normalized spacial score (nSPS) is 27.3. The van der Waals surface area contributed by atoms with Crippen LogP contribution in [0.3, 0.4) is 0 Å². The summed E-state index contributed by atoms with van der Waals surface area (Å²) in [5.74, 6) is 1.14. The van der Waals surface area contributed by atoms with Crippen molar-refractivity contribution in [1.29, 1.82) is 0 Å². The van der Waals surface area contributed by atoms with E-state index in [9.17, 15) is 4.79 Å². The first-order chi connectivity index (χ1) is 9.15. The summed E-state index contributed by atoms with van der Waals surface area (Å²) in [5.41, 5.74) is 0. The van der Waals surface area contributed by atoms with Gasteiger partial charge in [0.2, 0.25) is 5.91 Å². The second-order valence-corrected chi connectivity index (χ2v) is 6.34. The number of likely N-dealkylation sites (N-methyl/N-ethyl adjacent to an activating group) is 1. The number of hydrogen-bond acceptors (Lipinski definition) is 3. The van der Waals surface area contributed by atoms with Gasteiger partial charge in [-0.15, -0.1) is 0 Å². The van der Waals surface area contributed by atoms with Crippen molar-refractivity contribution in [3.63, 3.8) is 0 Å². The Hall–Kier alpha value is -0.610. The van der Waals surface area contributed by atoms with Crippen molar-refractivity contribution >= 4 is 5.91 Å². The van der Waals surface area contributed by atoms with Crippen LogP contribution in [0.1, 0.15) is 32.6 Å². The molecule has 2 aliphatic rings. The maximum atomic E-state index is 12.2. The third-order valence-corrected chi connectivity index (χ3v) is 4.49. The van der Waals surface area contributed by atoms with E-state index in [-0.39, 0.29) is 0 Å². The lowest BCUT2D eigenvalue weighted by Gasteiger charge is -2.33. The van der Waals surface area contributed by atoms with Gasteiger partial charge in [-0.2, -0.15) is 0 Å². The van der Waals surface area contributed by atoms with Crippen molar-refractivity contribution in [2.45, 2.75) is 32.6 Å². The zero-order valence-electron chi connectivity index (χ0n) is 12.6. The Balaban J connectivity index is 1.70. The number of rotatable bonds is 3. The van der Waals surface area contributed by atoms with Crippen LogP contribution in [0.5, 0.6) is 0 Å². The Morgan fingerprint density at radius 2 is 1.84 bits per heavy atom. The van der Waals surface area contributed by atoms with E-state index in [1.165, 1.54) is 32.4 Å². The fraction of sp³-hybridized carbons (Fsp3) is 0.933. The summed E-state index contributed by atoms with van der Waals surface area (Å²) in [4.78, 5) is 19.0. The van der Waals surface area contributed by atoms with E-state index < -0.39 is 0 Å². The maximum absolute atomic E-state index is 12.2. The van der Waals surface area contributed by atoms with Crippen molar-refractivity contribution in [2.24, 2.45) is 5.92 Å². The number of hydrogen-bond donors (Lipinski definition) is 0. The molecule has 0 radical (unpaired) electrons. The molecule has 4 nitrogen and oxygen atoms in total. The molecule has 2 heterocycles. The standard InChI is InChI=1S/C15H29N3O/c1-14-5-3-4-7-17(13-14)8-6-15(19)18-11-9-16(2)10-12-18/h14H,3-13H2,1-2H3/t14-/m1/s1. The number of piperazine rings is 1. The number of likely N-dealkylation sites (tertiary alicyclic amines) is 1. The summed E-state index contributed by atoms with van der Waals surface area (Å²) in [6.45, 7) is 9.50. The second kappa shape index (κ2) is 7.25. The van der Waals surface area contributed by atoms with Gasteiger partial charge in [0.25, 0.3) is 0 Å². The maximum Gasteiger partial charge on any atom is 0.223 e. The van der Waals surface area contributed by atoms with Gasteiger partial charge in [-0.25, -0.2) is 0 Å². The van der Waals surface area contributed by atoms with Gasteiger partial charge in [-0.05, 0) is 32.4 Å². The highest BCUT2D eigenvalue weighted by Gasteiger charge is 2.20. The van der Waals surface area contributed by atoms with E-state index in [0.717, 1.165) is 38.6 Å². The van der Waals surface area contributed by atoms with Gasteiger partial charge in [0.1, 0.15) is 0 Å². The molecular formula is C15H29N3O. The van der Waals surface area contributed by atoms with Crippen LogP contribution in [0.2, 0.25) is 0 Å². The van der Waals surface area contributed by atoms with E-state index in [1.807, 2.05) is 4.90 Å². The molecule has 0 unspecified atom stereocenters. The van der Waals surface area contributed by atoms with Gasteiger partial charge < -0.3 is 14.7 Å². The summed E-state index contributed by atoms with van der Waals surface area (Å²) >= 11 is 0. The minimum Gasteiger partial charge on any atom is -0.340 e. The van der Waals surface area contributed by atoms with Crippen molar-refractivity contribution < 1.29 is 4.79 Å². The molecule has 0 aliphatic carbocycles. The predicted octanol–water partition coefficient (Wildman–Crippen LogP) is 1.27. The molecular weight excluding hydrogens is 238 g/mol. The minimum absolute atomic E-state index is 0.352. The van der Waals surface area contributed by atoms with E-state index in [2.05, 4.69) is 23.8 Å². The second-order valence-electron chi connectivity index (χ2n) is 6.34. The molecule has 4 heteroatoms. The van der Waals surface area contributed by atoms with Crippen LogP contribution < -0.4 is 0 Å².